The first-order valence-corrected chi connectivity index (χ1v) is 7.51. The standard InChI is InChI=1S/C18H22N3/c1-20(2)18-9-11-21(14-18)13-15-5-7-16(8-6-15)17-4-3-10-19-12-17/h4-8,10,12,18H,9,11,13-14H2,1-2H3. The third-order valence-corrected chi connectivity index (χ3v) is 4.27. The highest BCUT2D eigenvalue weighted by Crippen LogP contribution is 2.20. The van der Waals surface area contributed by atoms with Gasteiger partial charge >= 0.3 is 0 Å². The zero-order chi connectivity index (χ0) is 14.7. The molecule has 0 spiro atoms. The highest BCUT2D eigenvalue weighted by molar-refractivity contribution is 5.62. The second-order valence-electron chi connectivity index (χ2n) is 6.01. The van der Waals surface area contributed by atoms with E-state index in [9.17, 15) is 0 Å². The van der Waals surface area contributed by atoms with Crippen molar-refractivity contribution in [2.45, 2.75) is 19.0 Å². The lowest BCUT2D eigenvalue weighted by Gasteiger charge is -2.20. The molecule has 3 rings (SSSR count). The van der Waals surface area contributed by atoms with Crippen LogP contribution in [0.3, 0.4) is 0 Å². The topological polar surface area (TPSA) is 19.4 Å². The molecule has 1 aliphatic heterocycles. The Labute approximate surface area is 127 Å². The molecule has 1 saturated heterocycles. The highest BCUT2D eigenvalue weighted by Gasteiger charge is 2.23. The van der Waals surface area contributed by atoms with E-state index in [4.69, 9.17) is 0 Å². The number of pyridine rings is 1. The van der Waals surface area contributed by atoms with Crippen molar-refractivity contribution in [2.24, 2.45) is 0 Å². The van der Waals surface area contributed by atoms with Crippen molar-refractivity contribution < 1.29 is 0 Å². The third kappa shape index (κ3) is 3.49. The van der Waals surface area contributed by atoms with E-state index in [2.05, 4.69) is 59.2 Å². The largest absolute Gasteiger partial charge is 0.305 e. The summed E-state index contributed by atoms with van der Waals surface area (Å²) >= 11 is 0. The lowest BCUT2D eigenvalue weighted by Crippen LogP contribution is -2.31. The van der Waals surface area contributed by atoms with Gasteiger partial charge in [0, 0.05) is 49.7 Å². The van der Waals surface area contributed by atoms with Gasteiger partial charge in [0.2, 0.25) is 0 Å². The van der Waals surface area contributed by atoms with Crippen molar-refractivity contribution in [1.29, 1.82) is 0 Å². The summed E-state index contributed by atoms with van der Waals surface area (Å²) in [5, 5.41) is 0. The van der Waals surface area contributed by atoms with Crippen LogP contribution in [-0.2, 0) is 6.54 Å². The number of aromatic nitrogens is 1. The maximum atomic E-state index is 4.12. The molecule has 0 amide bonds. The average molecular weight is 280 g/mol. The van der Waals surface area contributed by atoms with Crippen LogP contribution in [-0.4, -0.2) is 48.0 Å². The van der Waals surface area contributed by atoms with Gasteiger partial charge in [-0.1, -0.05) is 24.3 Å². The van der Waals surface area contributed by atoms with Crippen LogP contribution in [0, 0.1) is 6.07 Å². The Morgan fingerprint density at radius 3 is 2.67 bits per heavy atom. The number of hydrogen-bond acceptors (Lipinski definition) is 3. The van der Waals surface area contributed by atoms with Crippen molar-refractivity contribution >= 4 is 0 Å². The summed E-state index contributed by atoms with van der Waals surface area (Å²) in [5.41, 5.74) is 3.71. The third-order valence-electron chi connectivity index (χ3n) is 4.27. The summed E-state index contributed by atoms with van der Waals surface area (Å²) in [6, 6.07) is 14.5. The van der Waals surface area contributed by atoms with Crippen molar-refractivity contribution in [2.75, 3.05) is 27.2 Å². The smallest absolute Gasteiger partial charge is 0.0347 e. The maximum Gasteiger partial charge on any atom is 0.0347 e. The number of hydrogen-bond donors (Lipinski definition) is 0. The molecule has 21 heavy (non-hydrogen) atoms. The van der Waals surface area contributed by atoms with Crippen LogP contribution in [0.25, 0.3) is 11.1 Å². The van der Waals surface area contributed by atoms with Gasteiger partial charge in [-0.05, 0) is 37.7 Å². The van der Waals surface area contributed by atoms with E-state index in [1.54, 1.807) is 6.20 Å². The maximum absolute atomic E-state index is 4.12. The minimum absolute atomic E-state index is 0.704. The van der Waals surface area contributed by atoms with Crippen LogP contribution in [0.1, 0.15) is 12.0 Å². The van der Waals surface area contributed by atoms with Gasteiger partial charge in [-0.3, -0.25) is 9.88 Å². The fraction of sp³-hybridized carbons (Fsp3) is 0.389. The lowest BCUT2D eigenvalue weighted by atomic mass is 10.1. The number of likely N-dealkylation sites (N-methyl/N-ethyl adjacent to an activating group) is 1. The molecule has 3 heteroatoms. The molecular formula is C18H22N3. The molecular weight excluding hydrogens is 258 g/mol. The van der Waals surface area contributed by atoms with E-state index >= 15 is 0 Å². The van der Waals surface area contributed by atoms with Crippen molar-refractivity contribution in [3.8, 4) is 11.1 Å². The Hall–Kier alpha value is -1.71. The van der Waals surface area contributed by atoms with Crippen LogP contribution < -0.4 is 0 Å². The molecule has 0 N–H and O–H groups in total. The average Bonchev–Trinajstić information content (AvgIpc) is 2.98. The molecule has 1 unspecified atom stereocenters. The first kappa shape index (κ1) is 14.2. The van der Waals surface area contributed by atoms with E-state index < -0.39 is 0 Å². The molecule has 1 aliphatic rings. The molecule has 0 bridgehead atoms. The van der Waals surface area contributed by atoms with Crippen LogP contribution >= 0.6 is 0 Å². The fourth-order valence-corrected chi connectivity index (χ4v) is 2.92. The summed E-state index contributed by atoms with van der Waals surface area (Å²) in [5.74, 6) is 0. The molecule has 0 aliphatic carbocycles. The van der Waals surface area contributed by atoms with E-state index in [0.717, 1.165) is 12.1 Å². The van der Waals surface area contributed by atoms with Gasteiger partial charge in [0.05, 0.1) is 0 Å². The second kappa shape index (κ2) is 6.37. The molecule has 1 radical (unpaired) electrons. The van der Waals surface area contributed by atoms with Gasteiger partial charge in [0.1, 0.15) is 0 Å². The Morgan fingerprint density at radius 2 is 2.05 bits per heavy atom. The monoisotopic (exact) mass is 280 g/mol. The summed E-state index contributed by atoms with van der Waals surface area (Å²) in [6.45, 7) is 3.41. The number of nitrogens with zero attached hydrogens (tertiary/aromatic N) is 3. The zero-order valence-electron chi connectivity index (χ0n) is 12.8. The summed E-state index contributed by atoms with van der Waals surface area (Å²) in [4.78, 5) is 9.00. The molecule has 1 aromatic heterocycles. The van der Waals surface area contributed by atoms with Gasteiger partial charge in [-0.2, -0.15) is 0 Å². The van der Waals surface area contributed by atoms with Gasteiger partial charge < -0.3 is 4.90 Å². The number of benzene rings is 1. The molecule has 1 aromatic carbocycles. The summed E-state index contributed by atoms with van der Waals surface area (Å²) in [7, 11) is 4.35. The van der Waals surface area contributed by atoms with E-state index in [1.807, 2.05) is 12.3 Å². The quantitative estimate of drug-likeness (QED) is 0.858. The van der Waals surface area contributed by atoms with Crippen molar-refractivity contribution in [1.82, 2.24) is 14.8 Å². The molecule has 109 valence electrons. The minimum atomic E-state index is 0.704. The lowest BCUT2D eigenvalue weighted by molar-refractivity contribution is 0.264. The second-order valence-corrected chi connectivity index (χ2v) is 6.01. The van der Waals surface area contributed by atoms with Gasteiger partial charge in [0.25, 0.3) is 0 Å². The Bertz CT molecular complexity index is 563. The molecule has 0 saturated carbocycles. The predicted octanol–water partition coefficient (Wildman–Crippen LogP) is 2.68. The predicted molar refractivity (Wildman–Crippen MR) is 85.9 cm³/mol. The highest BCUT2D eigenvalue weighted by atomic mass is 15.2. The first-order valence-electron chi connectivity index (χ1n) is 7.51. The van der Waals surface area contributed by atoms with Crippen LogP contribution in [0.4, 0.5) is 0 Å². The number of rotatable bonds is 4. The van der Waals surface area contributed by atoms with Gasteiger partial charge in [0.15, 0.2) is 0 Å². The summed E-state index contributed by atoms with van der Waals surface area (Å²) < 4.78 is 0. The first-order chi connectivity index (χ1) is 10.2. The molecule has 1 fully saturated rings. The number of likely N-dealkylation sites (tertiary alicyclic amines) is 1. The fourth-order valence-electron chi connectivity index (χ4n) is 2.92. The molecule has 1 atom stereocenters. The SMILES string of the molecule is CN(C)C1CCN(Cc2ccc(-c3c[c]cnc3)cc2)C1. The summed E-state index contributed by atoms with van der Waals surface area (Å²) in [6.07, 6.45) is 4.84. The van der Waals surface area contributed by atoms with E-state index in [1.165, 1.54) is 30.6 Å². The molecule has 2 heterocycles. The van der Waals surface area contributed by atoms with Gasteiger partial charge in [-0.15, -0.1) is 0 Å². The Balaban J connectivity index is 1.63. The molecule has 2 aromatic rings. The van der Waals surface area contributed by atoms with Crippen LogP contribution in [0.2, 0.25) is 0 Å². The van der Waals surface area contributed by atoms with Crippen LogP contribution in [0.5, 0.6) is 0 Å². The van der Waals surface area contributed by atoms with Crippen molar-refractivity contribution in [3.05, 3.63) is 54.4 Å². The zero-order valence-corrected chi connectivity index (χ0v) is 12.8. The van der Waals surface area contributed by atoms with E-state index in [-0.39, 0.29) is 0 Å². The Kier molecular flexibility index (Phi) is 4.32. The normalized spacial score (nSPS) is 19.3. The molecule has 3 nitrogen and oxygen atoms in total. The van der Waals surface area contributed by atoms with Crippen LogP contribution in [0.15, 0.2) is 42.7 Å². The minimum Gasteiger partial charge on any atom is -0.305 e. The van der Waals surface area contributed by atoms with Crippen molar-refractivity contribution in [3.63, 3.8) is 0 Å². The van der Waals surface area contributed by atoms with Gasteiger partial charge in [-0.25, -0.2) is 0 Å². The van der Waals surface area contributed by atoms with E-state index in [0.29, 0.717) is 6.04 Å². The Morgan fingerprint density at radius 1 is 1.24 bits per heavy atom.